The van der Waals surface area contributed by atoms with Crippen molar-refractivity contribution in [2.75, 3.05) is 0 Å². The second-order valence-corrected chi connectivity index (χ2v) is 5.73. The van der Waals surface area contributed by atoms with E-state index >= 15 is 0 Å². The van der Waals surface area contributed by atoms with Gasteiger partial charge in [-0.2, -0.15) is 0 Å². The van der Waals surface area contributed by atoms with E-state index in [0.29, 0.717) is 12.2 Å². The second kappa shape index (κ2) is 5.74. The zero-order valence-corrected chi connectivity index (χ0v) is 12.5. The maximum Gasteiger partial charge on any atom is 0.134 e. The van der Waals surface area contributed by atoms with Crippen LogP contribution in [0, 0.1) is 13.8 Å². The van der Waals surface area contributed by atoms with Crippen LogP contribution >= 0.6 is 0 Å². The monoisotopic (exact) mass is 280 g/mol. The molecule has 0 aliphatic carbocycles. The lowest BCUT2D eigenvalue weighted by Gasteiger charge is -2.08. The van der Waals surface area contributed by atoms with Crippen molar-refractivity contribution in [1.29, 1.82) is 0 Å². The van der Waals surface area contributed by atoms with Gasteiger partial charge in [0.1, 0.15) is 17.4 Å². The minimum absolute atomic E-state index is 0.557. The van der Waals surface area contributed by atoms with Crippen LogP contribution < -0.4 is 0 Å². The standard InChI is InChI=1S/C19H20O2/c1-13-4-3-5-15(10-13)7-8-17(20)19-12-16-11-14(2)6-9-18(16)21-19/h3-6,9-12,17,20H,7-8H2,1-2H3. The summed E-state index contributed by atoms with van der Waals surface area (Å²) in [7, 11) is 0. The normalized spacial score (nSPS) is 12.7. The van der Waals surface area contributed by atoms with Gasteiger partial charge in [-0.25, -0.2) is 0 Å². The number of hydrogen-bond donors (Lipinski definition) is 1. The van der Waals surface area contributed by atoms with Gasteiger partial charge in [0.25, 0.3) is 0 Å². The predicted molar refractivity (Wildman–Crippen MR) is 85.4 cm³/mol. The predicted octanol–water partition coefficient (Wildman–Crippen LogP) is 4.72. The third-order valence-electron chi connectivity index (χ3n) is 3.81. The van der Waals surface area contributed by atoms with Gasteiger partial charge in [0.05, 0.1) is 0 Å². The van der Waals surface area contributed by atoms with Gasteiger partial charge in [0.15, 0.2) is 0 Å². The highest BCUT2D eigenvalue weighted by atomic mass is 16.4. The highest BCUT2D eigenvalue weighted by Crippen LogP contribution is 2.27. The highest BCUT2D eigenvalue weighted by molar-refractivity contribution is 5.78. The summed E-state index contributed by atoms with van der Waals surface area (Å²) in [5, 5.41) is 11.4. The van der Waals surface area contributed by atoms with Gasteiger partial charge in [0, 0.05) is 5.39 Å². The van der Waals surface area contributed by atoms with E-state index in [0.717, 1.165) is 17.4 Å². The van der Waals surface area contributed by atoms with Crippen LogP contribution in [0.15, 0.2) is 52.9 Å². The van der Waals surface area contributed by atoms with Crippen LogP contribution in [0.1, 0.15) is 35.0 Å². The molecule has 0 saturated heterocycles. The molecule has 0 aliphatic heterocycles. The molecule has 3 rings (SSSR count). The zero-order chi connectivity index (χ0) is 14.8. The van der Waals surface area contributed by atoms with Crippen LogP contribution in [0.4, 0.5) is 0 Å². The quantitative estimate of drug-likeness (QED) is 0.750. The molecule has 0 aliphatic rings. The Morgan fingerprint density at radius 2 is 1.81 bits per heavy atom. The zero-order valence-electron chi connectivity index (χ0n) is 12.5. The van der Waals surface area contributed by atoms with Crippen LogP contribution in [0.5, 0.6) is 0 Å². The van der Waals surface area contributed by atoms with Gasteiger partial charge in [0.2, 0.25) is 0 Å². The number of aryl methyl sites for hydroxylation is 3. The summed E-state index contributed by atoms with van der Waals surface area (Å²) in [6.45, 7) is 4.14. The van der Waals surface area contributed by atoms with Crippen molar-refractivity contribution in [3.63, 3.8) is 0 Å². The van der Waals surface area contributed by atoms with Gasteiger partial charge < -0.3 is 9.52 Å². The van der Waals surface area contributed by atoms with Crippen molar-refractivity contribution in [1.82, 2.24) is 0 Å². The molecule has 0 spiro atoms. The van der Waals surface area contributed by atoms with Gasteiger partial charge >= 0.3 is 0 Å². The van der Waals surface area contributed by atoms with Gasteiger partial charge in [-0.15, -0.1) is 0 Å². The van der Waals surface area contributed by atoms with Gasteiger partial charge in [-0.05, 0) is 50.5 Å². The number of aliphatic hydroxyl groups excluding tert-OH is 1. The summed E-state index contributed by atoms with van der Waals surface area (Å²) in [6, 6.07) is 16.4. The van der Waals surface area contributed by atoms with Crippen molar-refractivity contribution in [2.45, 2.75) is 32.8 Å². The van der Waals surface area contributed by atoms with Crippen LogP contribution in [-0.4, -0.2) is 5.11 Å². The van der Waals surface area contributed by atoms with Crippen molar-refractivity contribution in [2.24, 2.45) is 0 Å². The number of furan rings is 1. The van der Waals surface area contributed by atoms with E-state index in [4.69, 9.17) is 4.42 Å². The van der Waals surface area contributed by atoms with Gasteiger partial charge in [-0.1, -0.05) is 41.5 Å². The third-order valence-corrected chi connectivity index (χ3v) is 3.81. The average molecular weight is 280 g/mol. The molecule has 0 saturated carbocycles. The molecule has 1 heterocycles. The molecule has 2 nitrogen and oxygen atoms in total. The second-order valence-electron chi connectivity index (χ2n) is 5.73. The molecule has 1 aromatic heterocycles. The van der Waals surface area contributed by atoms with Crippen LogP contribution in [-0.2, 0) is 6.42 Å². The first-order valence-electron chi connectivity index (χ1n) is 7.35. The highest BCUT2D eigenvalue weighted by Gasteiger charge is 2.13. The Bertz CT molecular complexity index is 755. The molecule has 108 valence electrons. The average Bonchev–Trinajstić information content (AvgIpc) is 2.88. The molecule has 0 bridgehead atoms. The van der Waals surface area contributed by atoms with Crippen molar-refractivity contribution in [3.05, 3.63) is 71.0 Å². The Morgan fingerprint density at radius 3 is 2.62 bits per heavy atom. The molecule has 2 aromatic carbocycles. The largest absolute Gasteiger partial charge is 0.458 e. The number of benzene rings is 2. The minimum Gasteiger partial charge on any atom is -0.458 e. The molecule has 1 N–H and O–H groups in total. The first-order valence-corrected chi connectivity index (χ1v) is 7.35. The summed E-state index contributed by atoms with van der Waals surface area (Å²) >= 11 is 0. The molecule has 1 atom stereocenters. The lowest BCUT2D eigenvalue weighted by molar-refractivity contribution is 0.143. The van der Waals surface area contributed by atoms with E-state index in [1.165, 1.54) is 16.7 Å². The van der Waals surface area contributed by atoms with Crippen LogP contribution in [0.25, 0.3) is 11.0 Å². The number of fused-ring (bicyclic) bond motifs is 1. The number of hydrogen-bond acceptors (Lipinski definition) is 2. The third kappa shape index (κ3) is 3.17. The van der Waals surface area contributed by atoms with E-state index < -0.39 is 6.10 Å². The molecule has 3 aromatic rings. The first-order chi connectivity index (χ1) is 10.1. The molecular formula is C19H20O2. The molecular weight excluding hydrogens is 260 g/mol. The Labute approximate surface area is 125 Å². The Kier molecular flexibility index (Phi) is 3.80. The lowest BCUT2D eigenvalue weighted by atomic mass is 10.0. The molecule has 0 fully saturated rings. The fraction of sp³-hybridized carbons (Fsp3) is 0.263. The topological polar surface area (TPSA) is 33.4 Å². The number of rotatable bonds is 4. The Morgan fingerprint density at radius 1 is 1.00 bits per heavy atom. The van der Waals surface area contributed by atoms with E-state index in [1.54, 1.807) is 0 Å². The van der Waals surface area contributed by atoms with Crippen LogP contribution in [0.2, 0.25) is 0 Å². The fourth-order valence-corrected chi connectivity index (χ4v) is 2.66. The van der Waals surface area contributed by atoms with Gasteiger partial charge in [-0.3, -0.25) is 0 Å². The van der Waals surface area contributed by atoms with Crippen molar-refractivity contribution in [3.8, 4) is 0 Å². The fourth-order valence-electron chi connectivity index (χ4n) is 2.66. The summed E-state index contributed by atoms with van der Waals surface area (Å²) in [4.78, 5) is 0. The van der Waals surface area contributed by atoms with Crippen LogP contribution in [0.3, 0.4) is 0 Å². The molecule has 1 unspecified atom stereocenters. The summed E-state index contributed by atoms with van der Waals surface area (Å²) in [5.41, 5.74) is 4.54. The molecule has 2 heteroatoms. The van der Waals surface area contributed by atoms with E-state index in [-0.39, 0.29) is 0 Å². The maximum absolute atomic E-state index is 10.3. The van der Waals surface area contributed by atoms with Crippen molar-refractivity contribution < 1.29 is 9.52 Å². The molecule has 21 heavy (non-hydrogen) atoms. The van der Waals surface area contributed by atoms with Crippen molar-refractivity contribution >= 4 is 11.0 Å². The summed E-state index contributed by atoms with van der Waals surface area (Å²) in [5.74, 6) is 0.656. The summed E-state index contributed by atoms with van der Waals surface area (Å²) in [6.07, 6.45) is 0.958. The van der Waals surface area contributed by atoms with E-state index in [1.807, 2.05) is 18.2 Å². The minimum atomic E-state index is -0.557. The molecule has 0 amide bonds. The Hall–Kier alpha value is -2.06. The molecule has 0 radical (unpaired) electrons. The first kappa shape index (κ1) is 13.9. The smallest absolute Gasteiger partial charge is 0.134 e. The lowest BCUT2D eigenvalue weighted by Crippen LogP contribution is -1.98. The number of aliphatic hydroxyl groups is 1. The van der Waals surface area contributed by atoms with E-state index in [2.05, 4.69) is 44.2 Å². The summed E-state index contributed by atoms with van der Waals surface area (Å²) < 4.78 is 5.75. The maximum atomic E-state index is 10.3. The van der Waals surface area contributed by atoms with E-state index in [9.17, 15) is 5.11 Å². The SMILES string of the molecule is Cc1cccc(CCC(O)c2cc3cc(C)ccc3o2)c1. The Balaban J connectivity index is 1.73.